The maximum atomic E-state index is 12.1. The van der Waals surface area contributed by atoms with Crippen molar-refractivity contribution in [1.29, 1.82) is 0 Å². The quantitative estimate of drug-likeness (QED) is 0.357. The van der Waals surface area contributed by atoms with E-state index in [2.05, 4.69) is 36.8 Å². The summed E-state index contributed by atoms with van der Waals surface area (Å²) in [4.78, 5) is 16.4. The number of aryl methyl sites for hydroxylation is 1. The largest absolute Gasteiger partial charge is 0.483 e. The first kappa shape index (κ1) is 21.0. The molecule has 150 valence electrons. The highest BCUT2D eigenvalue weighted by Crippen LogP contribution is 2.22. The van der Waals surface area contributed by atoms with Crippen LogP contribution in [0.4, 0.5) is 5.13 Å². The zero-order valence-corrected chi connectivity index (χ0v) is 18.3. The van der Waals surface area contributed by atoms with Gasteiger partial charge in [0, 0.05) is 22.0 Å². The molecule has 0 aliphatic carbocycles. The standard InChI is InChI=1S/C21H21BrN4O2S/c1-15-14-29-21(25-15)26-24-12-17-11-18(22)7-8-19(17)28-13-20(27)23-10-9-16-5-3-2-4-6-16/h2-8,11-12,14H,9-10,13H2,1H3,(H,23,27)(H,25,26). The number of halogens is 1. The summed E-state index contributed by atoms with van der Waals surface area (Å²) in [7, 11) is 0. The molecule has 3 rings (SSSR count). The monoisotopic (exact) mass is 472 g/mol. The van der Waals surface area contributed by atoms with Crippen LogP contribution in [-0.2, 0) is 11.2 Å². The summed E-state index contributed by atoms with van der Waals surface area (Å²) >= 11 is 4.93. The van der Waals surface area contributed by atoms with E-state index in [1.54, 1.807) is 12.3 Å². The Balaban J connectivity index is 1.51. The smallest absolute Gasteiger partial charge is 0.257 e. The first-order chi connectivity index (χ1) is 14.1. The zero-order chi connectivity index (χ0) is 20.5. The van der Waals surface area contributed by atoms with Gasteiger partial charge in [0.05, 0.1) is 11.9 Å². The van der Waals surface area contributed by atoms with Crippen molar-refractivity contribution in [2.75, 3.05) is 18.6 Å². The lowest BCUT2D eigenvalue weighted by molar-refractivity contribution is -0.123. The molecule has 3 aromatic rings. The fraction of sp³-hybridized carbons (Fsp3) is 0.190. The zero-order valence-electron chi connectivity index (χ0n) is 15.9. The molecule has 0 atom stereocenters. The van der Waals surface area contributed by atoms with E-state index in [-0.39, 0.29) is 12.5 Å². The first-order valence-electron chi connectivity index (χ1n) is 9.04. The fourth-order valence-corrected chi connectivity index (χ4v) is 3.52. The van der Waals surface area contributed by atoms with E-state index in [9.17, 15) is 4.79 Å². The normalized spacial score (nSPS) is 10.8. The second-order valence-corrected chi connectivity index (χ2v) is 7.99. The van der Waals surface area contributed by atoms with Gasteiger partial charge in [-0.15, -0.1) is 11.3 Å². The lowest BCUT2D eigenvalue weighted by atomic mass is 10.1. The van der Waals surface area contributed by atoms with Gasteiger partial charge in [-0.25, -0.2) is 4.98 Å². The lowest BCUT2D eigenvalue weighted by Crippen LogP contribution is -2.30. The minimum atomic E-state index is -0.164. The Labute approximate surface area is 182 Å². The summed E-state index contributed by atoms with van der Waals surface area (Å²) in [6.07, 6.45) is 2.43. The number of amides is 1. The lowest BCUT2D eigenvalue weighted by Gasteiger charge is -2.10. The van der Waals surface area contributed by atoms with E-state index in [0.29, 0.717) is 17.4 Å². The molecule has 0 saturated carbocycles. The Kier molecular flexibility index (Phi) is 7.77. The Bertz CT molecular complexity index is 976. The van der Waals surface area contributed by atoms with Crippen LogP contribution in [0.1, 0.15) is 16.8 Å². The third kappa shape index (κ3) is 6.99. The number of hydrogen-bond acceptors (Lipinski definition) is 6. The number of nitrogens with zero attached hydrogens (tertiary/aromatic N) is 2. The SMILES string of the molecule is Cc1csc(NN=Cc2cc(Br)ccc2OCC(=O)NCCc2ccccc2)n1. The van der Waals surface area contributed by atoms with E-state index in [0.717, 1.165) is 22.2 Å². The second-order valence-electron chi connectivity index (χ2n) is 6.22. The Morgan fingerprint density at radius 3 is 2.86 bits per heavy atom. The van der Waals surface area contributed by atoms with Crippen molar-refractivity contribution in [2.24, 2.45) is 5.10 Å². The van der Waals surface area contributed by atoms with Crippen molar-refractivity contribution in [1.82, 2.24) is 10.3 Å². The molecule has 0 aliphatic heterocycles. The van der Waals surface area contributed by atoms with Crippen LogP contribution in [0.2, 0.25) is 0 Å². The van der Waals surface area contributed by atoms with Gasteiger partial charge in [0.15, 0.2) is 6.61 Å². The Hall–Kier alpha value is -2.71. The van der Waals surface area contributed by atoms with E-state index in [1.165, 1.54) is 16.9 Å². The molecule has 0 aliphatic rings. The number of thiazole rings is 1. The summed E-state index contributed by atoms with van der Waals surface area (Å²) in [6.45, 7) is 2.44. The summed E-state index contributed by atoms with van der Waals surface area (Å²) < 4.78 is 6.59. The maximum Gasteiger partial charge on any atom is 0.257 e. The van der Waals surface area contributed by atoms with E-state index in [1.807, 2.05) is 54.8 Å². The molecule has 1 amide bonds. The molecule has 0 saturated heterocycles. The molecule has 6 nitrogen and oxygen atoms in total. The third-order valence-electron chi connectivity index (χ3n) is 3.89. The molecule has 2 aromatic carbocycles. The van der Waals surface area contributed by atoms with E-state index >= 15 is 0 Å². The van der Waals surface area contributed by atoms with Crippen LogP contribution < -0.4 is 15.5 Å². The van der Waals surface area contributed by atoms with Crippen LogP contribution in [-0.4, -0.2) is 30.3 Å². The molecule has 0 unspecified atom stereocenters. The van der Waals surface area contributed by atoms with Crippen molar-refractivity contribution < 1.29 is 9.53 Å². The van der Waals surface area contributed by atoms with Crippen molar-refractivity contribution >= 4 is 44.5 Å². The Morgan fingerprint density at radius 1 is 1.28 bits per heavy atom. The number of carbonyl (C=O) groups excluding carboxylic acids is 1. The molecule has 0 fully saturated rings. The Morgan fingerprint density at radius 2 is 2.10 bits per heavy atom. The molecular formula is C21H21BrN4O2S. The number of nitrogens with one attached hydrogen (secondary N) is 2. The number of aromatic nitrogens is 1. The highest BCUT2D eigenvalue weighted by molar-refractivity contribution is 9.10. The molecule has 0 spiro atoms. The van der Waals surface area contributed by atoms with Crippen LogP contribution in [0, 0.1) is 6.92 Å². The highest BCUT2D eigenvalue weighted by Gasteiger charge is 2.07. The average Bonchev–Trinajstić information content (AvgIpc) is 3.13. The number of hydrogen-bond donors (Lipinski definition) is 2. The minimum absolute atomic E-state index is 0.0592. The van der Waals surface area contributed by atoms with Crippen molar-refractivity contribution in [3.63, 3.8) is 0 Å². The topological polar surface area (TPSA) is 75.6 Å². The van der Waals surface area contributed by atoms with Gasteiger partial charge < -0.3 is 10.1 Å². The van der Waals surface area contributed by atoms with E-state index in [4.69, 9.17) is 4.74 Å². The molecule has 29 heavy (non-hydrogen) atoms. The number of rotatable bonds is 9. The number of hydrazone groups is 1. The number of benzene rings is 2. The fourth-order valence-electron chi connectivity index (χ4n) is 2.50. The molecule has 8 heteroatoms. The summed E-state index contributed by atoms with van der Waals surface area (Å²) in [5, 5.41) is 9.74. The van der Waals surface area contributed by atoms with Gasteiger partial charge >= 0.3 is 0 Å². The van der Waals surface area contributed by atoms with Crippen LogP contribution in [0.5, 0.6) is 5.75 Å². The van der Waals surface area contributed by atoms with Crippen LogP contribution in [0.25, 0.3) is 0 Å². The van der Waals surface area contributed by atoms with Crippen LogP contribution >= 0.6 is 27.3 Å². The van der Waals surface area contributed by atoms with Gasteiger partial charge in [-0.2, -0.15) is 5.10 Å². The van der Waals surface area contributed by atoms with Gasteiger partial charge in [0.25, 0.3) is 5.91 Å². The number of anilines is 1. The molecule has 1 aromatic heterocycles. The molecule has 2 N–H and O–H groups in total. The van der Waals surface area contributed by atoms with Gasteiger partial charge in [0.2, 0.25) is 5.13 Å². The second kappa shape index (κ2) is 10.7. The average molecular weight is 473 g/mol. The van der Waals surface area contributed by atoms with Gasteiger partial charge in [-0.05, 0) is 37.1 Å². The van der Waals surface area contributed by atoms with Crippen LogP contribution in [0.15, 0.2) is 63.5 Å². The van der Waals surface area contributed by atoms with E-state index < -0.39 is 0 Å². The van der Waals surface area contributed by atoms with Gasteiger partial charge in [-0.3, -0.25) is 10.2 Å². The minimum Gasteiger partial charge on any atom is -0.483 e. The maximum absolute atomic E-state index is 12.1. The molecule has 0 bridgehead atoms. The predicted molar refractivity (Wildman–Crippen MR) is 121 cm³/mol. The van der Waals surface area contributed by atoms with Gasteiger partial charge in [0.1, 0.15) is 5.75 Å². The first-order valence-corrected chi connectivity index (χ1v) is 10.7. The van der Waals surface area contributed by atoms with Gasteiger partial charge in [-0.1, -0.05) is 46.3 Å². The predicted octanol–water partition coefficient (Wildman–Crippen LogP) is 4.40. The van der Waals surface area contributed by atoms with Crippen molar-refractivity contribution in [3.05, 3.63) is 75.2 Å². The number of ether oxygens (including phenoxy) is 1. The molecular weight excluding hydrogens is 452 g/mol. The molecule has 1 heterocycles. The highest BCUT2D eigenvalue weighted by atomic mass is 79.9. The summed E-state index contributed by atoms with van der Waals surface area (Å²) in [5.41, 5.74) is 5.77. The van der Waals surface area contributed by atoms with Crippen LogP contribution in [0.3, 0.4) is 0 Å². The molecule has 0 radical (unpaired) electrons. The van der Waals surface area contributed by atoms with Crippen molar-refractivity contribution in [3.8, 4) is 5.75 Å². The van der Waals surface area contributed by atoms with Crippen molar-refractivity contribution in [2.45, 2.75) is 13.3 Å². The summed E-state index contributed by atoms with van der Waals surface area (Å²) in [6, 6.07) is 15.6. The number of carbonyl (C=O) groups is 1. The summed E-state index contributed by atoms with van der Waals surface area (Å²) in [5.74, 6) is 0.412. The third-order valence-corrected chi connectivity index (χ3v) is 5.25.